The Bertz CT molecular complexity index is 1170. The quantitative estimate of drug-likeness (QED) is 0.576. The molecule has 2 saturated heterocycles. The third-order valence-corrected chi connectivity index (χ3v) is 7.81. The van der Waals surface area contributed by atoms with Crippen LogP contribution in [0.2, 0.25) is 0 Å². The van der Waals surface area contributed by atoms with Crippen LogP contribution in [0.25, 0.3) is 16.7 Å². The average Bonchev–Trinajstić information content (AvgIpc) is 3.31. The number of para-hydroxylation sites is 1. The first-order valence-corrected chi connectivity index (χ1v) is 11.6. The van der Waals surface area contributed by atoms with Gasteiger partial charge in [0.2, 0.25) is 0 Å². The highest BCUT2D eigenvalue weighted by atomic mass is 16.7. The second-order valence-corrected chi connectivity index (χ2v) is 11.1. The highest BCUT2D eigenvalue weighted by Gasteiger charge is 2.53. The summed E-state index contributed by atoms with van der Waals surface area (Å²) < 4.78 is 27.0. The molecule has 6 nitrogen and oxygen atoms in total. The summed E-state index contributed by atoms with van der Waals surface area (Å²) in [4.78, 5) is 4.73. The summed E-state index contributed by atoms with van der Waals surface area (Å²) in [5.74, 6) is 0. The van der Waals surface area contributed by atoms with Gasteiger partial charge in [0.15, 0.2) is 0 Å². The van der Waals surface area contributed by atoms with Crippen molar-refractivity contribution in [3.8, 4) is 5.69 Å². The van der Waals surface area contributed by atoms with E-state index in [1.54, 1.807) is 0 Å². The molecule has 5 rings (SSSR count). The molecule has 0 amide bonds. The van der Waals surface area contributed by atoms with Crippen molar-refractivity contribution in [1.29, 1.82) is 0 Å². The Morgan fingerprint density at radius 2 is 1.18 bits per heavy atom. The van der Waals surface area contributed by atoms with E-state index in [1.165, 1.54) is 0 Å². The van der Waals surface area contributed by atoms with Crippen LogP contribution in [0.5, 0.6) is 0 Å². The van der Waals surface area contributed by atoms with E-state index in [4.69, 9.17) is 23.6 Å². The van der Waals surface area contributed by atoms with Crippen molar-refractivity contribution in [2.75, 3.05) is 0 Å². The molecule has 172 valence electrons. The molecule has 0 atom stereocenters. The van der Waals surface area contributed by atoms with Crippen molar-refractivity contribution < 1.29 is 18.6 Å². The maximum Gasteiger partial charge on any atom is 0.497 e. The molecule has 0 spiro atoms. The highest BCUT2D eigenvalue weighted by molar-refractivity contribution is 6.65. The van der Waals surface area contributed by atoms with Crippen LogP contribution in [-0.4, -0.2) is 46.2 Å². The molecule has 3 heterocycles. The molecule has 33 heavy (non-hydrogen) atoms. The number of nitrogens with zero attached hydrogens (tertiary/aromatic N) is 2. The number of hydrogen-bond donors (Lipinski definition) is 0. The molecule has 1 aromatic heterocycles. The number of hydrogen-bond acceptors (Lipinski definition) is 5. The number of aromatic nitrogens is 2. The van der Waals surface area contributed by atoms with Crippen molar-refractivity contribution in [2.24, 2.45) is 0 Å². The maximum absolute atomic E-state index is 6.28. The van der Waals surface area contributed by atoms with Gasteiger partial charge in [-0.05, 0) is 79.1 Å². The van der Waals surface area contributed by atoms with Crippen LogP contribution in [0.1, 0.15) is 55.4 Å². The molecule has 0 aliphatic carbocycles. The fourth-order valence-corrected chi connectivity index (χ4v) is 4.20. The first-order chi connectivity index (χ1) is 15.3. The van der Waals surface area contributed by atoms with Crippen LogP contribution < -0.4 is 10.9 Å². The Morgan fingerprint density at radius 3 is 1.73 bits per heavy atom. The third kappa shape index (κ3) is 3.55. The molecular formula is C25H32B2N2O4. The van der Waals surface area contributed by atoms with Crippen molar-refractivity contribution >= 4 is 36.2 Å². The largest absolute Gasteiger partial charge is 0.497 e. The Kier molecular flexibility index (Phi) is 4.94. The van der Waals surface area contributed by atoms with Gasteiger partial charge >= 0.3 is 14.2 Å². The van der Waals surface area contributed by atoms with E-state index in [2.05, 4.69) is 90.3 Å². The van der Waals surface area contributed by atoms with E-state index in [0.717, 1.165) is 27.6 Å². The maximum atomic E-state index is 6.28. The Morgan fingerprint density at radius 1 is 0.667 bits per heavy atom. The van der Waals surface area contributed by atoms with Gasteiger partial charge < -0.3 is 18.6 Å². The van der Waals surface area contributed by atoms with Gasteiger partial charge in [-0.25, -0.2) is 4.98 Å². The molecular weight excluding hydrogens is 414 g/mol. The van der Waals surface area contributed by atoms with Crippen LogP contribution >= 0.6 is 0 Å². The summed E-state index contributed by atoms with van der Waals surface area (Å²) in [7, 11) is -0.827. The fourth-order valence-electron chi connectivity index (χ4n) is 4.20. The first kappa shape index (κ1) is 22.7. The van der Waals surface area contributed by atoms with Crippen LogP contribution in [0.15, 0.2) is 48.8 Å². The lowest BCUT2D eigenvalue weighted by molar-refractivity contribution is 0.00578. The molecule has 2 aliphatic rings. The summed E-state index contributed by atoms with van der Waals surface area (Å²) in [5.41, 5.74) is 3.33. The van der Waals surface area contributed by atoms with Gasteiger partial charge in [0.25, 0.3) is 0 Å². The van der Waals surface area contributed by atoms with E-state index in [9.17, 15) is 0 Å². The zero-order valence-corrected chi connectivity index (χ0v) is 20.8. The first-order valence-electron chi connectivity index (χ1n) is 11.6. The van der Waals surface area contributed by atoms with Gasteiger partial charge in [-0.1, -0.05) is 24.3 Å². The van der Waals surface area contributed by atoms with Crippen LogP contribution in [0.3, 0.4) is 0 Å². The number of benzene rings is 2. The highest BCUT2D eigenvalue weighted by Crippen LogP contribution is 2.38. The summed E-state index contributed by atoms with van der Waals surface area (Å²) in [5, 5.41) is 0. The Labute approximate surface area is 196 Å². The minimum Gasteiger partial charge on any atom is -0.399 e. The lowest BCUT2D eigenvalue weighted by atomic mass is 9.78. The smallest absolute Gasteiger partial charge is 0.399 e. The van der Waals surface area contributed by atoms with Crippen molar-refractivity contribution in [1.82, 2.24) is 9.55 Å². The van der Waals surface area contributed by atoms with E-state index in [0.29, 0.717) is 0 Å². The molecule has 0 unspecified atom stereocenters. The SMILES string of the molecule is CC1(C)OB(c2ccc(-n3cnc4c(B5OC(C)(C)C(C)(C)O5)cccc43)cc2)OC1(C)C. The number of rotatable bonds is 3. The third-order valence-electron chi connectivity index (χ3n) is 7.81. The van der Waals surface area contributed by atoms with Crippen molar-refractivity contribution in [3.05, 3.63) is 48.8 Å². The van der Waals surface area contributed by atoms with Gasteiger partial charge in [-0.2, -0.15) is 0 Å². The predicted molar refractivity (Wildman–Crippen MR) is 133 cm³/mol. The summed E-state index contributed by atoms with van der Waals surface area (Å²) >= 11 is 0. The van der Waals surface area contributed by atoms with E-state index in [1.807, 2.05) is 18.5 Å². The van der Waals surface area contributed by atoms with Crippen molar-refractivity contribution in [2.45, 2.75) is 77.8 Å². The molecule has 0 N–H and O–H groups in total. The lowest BCUT2D eigenvalue weighted by Crippen LogP contribution is -2.41. The van der Waals surface area contributed by atoms with E-state index >= 15 is 0 Å². The summed E-state index contributed by atoms with van der Waals surface area (Å²) in [6.45, 7) is 16.5. The monoisotopic (exact) mass is 446 g/mol. The molecule has 0 radical (unpaired) electrons. The Balaban J connectivity index is 1.45. The summed E-state index contributed by atoms with van der Waals surface area (Å²) in [6, 6.07) is 14.4. The average molecular weight is 446 g/mol. The molecule has 2 aromatic carbocycles. The second kappa shape index (κ2) is 7.19. The minimum atomic E-state index is -0.451. The van der Waals surface area contributed by atoms with Gasteiger partial charge in [-0.3, -0.25) is 4.57 Å². The molecule has 2 fully saturated rings. The van der Waals surface area contributed by atoms with Crippen LogP contribution in [0, 0.1) is 0 Å². The normalized spacial score (nSPS) is 22.9. The predicted octanol–water partition coefficient (Wildman–Crippen LogP) is 3.62. The molecule has 8 heteroatoms. The number of fused-ring (bicyclic) bond motifs is 1. The molecule has 2 aliphatic heterocycles. The van der Waals surface area contributed by atoms with Crippen molar-refractivity contribution in [3.63, 3.8) is 0 Å². The van der Waals surface area contributed by atoms with E-state index in [-0.39, 0.29) is 18.3 Å². The zero-order chi connectivity index (χ0) is 23.8. The fraction of sp³-hybridized carbons (Fsp3) is 0.480. The minimum absolute atomic E-state index is 0.360. The van der Waals surface area contributed by atoms with Gasteiger partial charge in [0.1, 0.15) is 6.33 Å². The summed E-state index contributed by atoms with van der Waals surface area (Å²) in [6.07, 6.45) is 1.85. The second-order valence-electron chi connectivity index (χ2n) is 11.1. The van der Waals surface area contributed by atoms with Gasteiger partial charge in [-0.15, -0.1) is 0 Å². The van der Waals surface area contributed by atoms with Gasteiger partial charge in [0, 0.05) is 11.2 Å². The molecule has 3 aromatic rings. The Hall–Kier alpha value is -2.12. The lowest BCUT2D eigenvalue weighted by Gasteiger charge is -2.32. The molecule has 0 bridgehead atoms. The molecule has 0 saturated carbocycles. The van der Waals surface area contributed by atoms with Crippen LogP contribution in [0.4, 0.5) is 0 Å². The van der Waals surface area contributed by atoms with E-state index < -0.39 is 18.3 Å². The van der Waals surface area contributed by atoms with Gasteiger partial charge in [0.05, 0.1) is 33.4 Å². The topological polar surface area (TPSA) is 54.7 Å². The standard InChI is InChI=1S/C25H32B2N2O4/c1-22(2)23(3,4)31-26(30-22)17-12-14-18(15-13-17)29-16-28-21-19(10-9-11-20(21)29)27-32-24(5,6)25(7,8)33-27/h9-16H,1-8H3. The number of imidazole rings is 1. The zero-order valence-electron chi connectivity index (χ0n) is 20.8. The van der Waals surface area contributed by atoms with Crippen LogP contribution in [-0.2, 0) is 18.6 Å².